The van der Waals surface area contributed by atoms with Gasteiger partial charge in [0.15, 0.2) is 0 Å². The van der Waals surface area contributed by atoms with Gasteiger partial charge < -0.3 is 9.47 Å². The summed E-state index contributed by atoms with van der Waals surface area (Å²) >= 11 is 0. The van der Waals surface area contributed by atoms with Crippen molar-refractivity contribution in [2.24, 2.45) is 0 Å². The summed E-state index contributed by atoms with van der Waals surface area (Å²) in [6.07, 6.45) is 5.00. The highest BCUT2D eigenvalue weighted by atomic mass is 32.2. The molecule has 1 aromatic carbocycles. The summed E-state index contributed by atoms with van der Waals surface area (Å²) in [5.74, 6) is 0.0670. The molecule has 3 rings (SSSR count). The summed E-state index contributed by atoms with van der Waals surface area (Å²) in [5.41, 5.74) is 2.16. The van der Waals surface area contributed by atoms with Crippen molar-refractivity contribution in [2.45, 2.75) is 50.5 Å². The Kier molecular flexibility index (Phi) is 6.91. The monoisotopic (exact) mass is 404 g/mol. The van der Waals surface area contributed by atoms with Crippen molar-refractivity contribution >= 4 is 9.84 Å². The Hall–Kier alpha value is -1.70. The Labute approximate surface area is 169 Å². The first-order valence-corrected chi connectivity index (χ1v) is 11.8. The minimum atomic E-state index is -3.35. The first kappa shape index (κ1) is 21.0. The average Bonchev–Trinajstić information content (AvgIpc) is 3.27. The Bertz CT molecular complexity index is 864. The van der Waals surface area contributed by atoms with Gasteiger partial charge in [-0.3, -0.25) is 4.90 Å². The lowest BCUT2D eigenvalue weighted by molar-refractivity contribution is 0.212. The second kappa shape index (κ2) is 9.20. The minimum Gasteiger partial charge on any atom is -0.317 e. The summed E-state index contributed by atoms with van der Waals surface area (Å²) in [5, 5.41) is 0.201. The molecule has 1 saturated heterocycles. The van der Waals surface area contributed by atoms with E-state index in [1.807, 2.05) is 22.8 Å². The lowest BCUT2D eigenvalue weighted by Gasteiger charge is -2.26. The van der Waals surface area contributed by atoms with Gasteiger partial charge in [0.1, 0.15) is 0 Å². The fourth-order valence-electron chi connectivity index (χ4n) is 3.93. The number of aryl methyl sites for hydroxylation is 1. The van der Waals surface area contributed by atoms with Gasteiger partial charge in [-0.15, -0.1) is 0 Å². The van der Waals surface area contributed by atoms with Crippen LogP contribution in [0.3, 0.4) is 0 Å². The largest absolute Gasteiger partial charge is 0.317 e. The Balaban J connectivity index is 1.77. The van der Waals surface area contributed by atoms with Crippen LogP contribution in [-0.4, -0.2) is 66.7 Å². The highest BCUT2D eigenvalue weighted by molar-refractivity contribution is 7.91. The fraction of sp³-hybridized carbons (Fsp3) is 0.571. The van der Waals surface area contributed by atoms with E-state index >= 15 is 0 Å². The fourth-order valence-corrected chi connectivity index (χ4v) is 4.95. The zero-order valence-corrected chi connectivity index (χ0v) is 18.0. The van der Waals surface area contributed by atoms with E-state index in [2.05, 4.69) is 41.0 Å². The third-order valence-corrected chi connectivity index (χ3v) is 7.29. The summed E-state index contributed by atoms with van der Waals surface area (Å²) in [6, 6.07) is 10.7. The van der Waals surface area contributed by atoms with Crippen LogP contribution < -0.4 is 0 Å². The van der Waals surface area contributed by atoms with Crippen LogP contribution in [0.5, 0.6) is 0 Å². The summed E-state index contributed by atoms with van der Waals surface area (Å²) in [6.45, 7) is 5.13. The maximum Gasteiger partial charge on any atom is 0.227 e. The summed E-state index contributed by atoms with van der Waals surface area (Å²) in [4.78, 5) is 9.00. The molecule has 1 atom stereocenters. The number of imidazole rings is 1. The highest BCUT2D eigenvalue weighted by Crippen LogP contribution is 2.19. The normalized spacial score (nSPS) is 18.2. The zero-order chi connectivity index (χ0) is 20.1. The number of nitrogens with zero attached hydrogens (tertiary/aromatic N) is 4. The van der Waals surface area contributed by atoms with Crippen LogP contribution in [0.1, 0.15) is 31.0 Å². The molecule has 0 saturated carbocycles. The van der Waals surface area contributed by atoms with Gasteiger partial charge in [0, 0.05) is 25.7 Å². The zero-order valence-electron chi connectivity index (χ0n) is 17.2. The lowest BCUT2D eigenvalue weighted by Crippen LogP contribution is -2.36. The van der Waals surface area contributed by atoms with Crippen molar-refractivity contribution in [3.63, 3.8) is 0 Å². The predicted molar refractivity (Wildman–Crippen MR) is 112 cm³/mol. The molecule has 1 fully saturated rings. The molecule has 1 aliphatic heterocycles. The second-order valence-electron chi connectivity index (χ2n) is 7.80. The number of rotatable bonds is 9. The van der Waals surface area contributed by atoms with Gasteiger partial charge in [0.05, 0.1) is 17.6 Å². The van der Waals surface area contributed by atoms with Gasteiger partial charge in [-0.2, -0.15) is 0 Å². The smallest absolute Gasteiger partial charge is 0.227 e. The van der Waals surface area contributed by atoms with Gasteiger partial charge in [-0.25, -0.2) is 13.4 Å². The van der Waals surface area contributed by atoms with Crippen molar-refractivity contribution in [1.82, 2.24) is 19.4 Å². The van der Waals surface area contributed by atoms with Crippen LogP contribution in [0.2, 0.25) is 0 Å². The lowest BCUT2D eigenvalue weighted by atomic mass is 10.1. The van der Waals surface area contributed by atoms with Crippen LogP contribution in [0, 0.1) is 0 Å². The van der Waals surface area contributed by atoms with Gasteiger partial charge >= 0.3 is 0 Å². The Morgan fingerprint density at radius 1 is 1.25 bits per heavy atom. The molecular formula is C21H32N4O2S. The molecule has 154 valence electrons. The molecule has 0 bridgehead atoms. The van der Waals surface area contributed by atoms with E-state index < -0.39 is 9.84 Å². The molecule has 0 N–H and O–H groups in total. The molecule has 1 aliphatic rings. The van der Waals surface area contributed by atoms with Gasteiger partial charge in [-0.05, 0) is 45.5 Å². The van der Waals surface area contributed by atoms with Gasteiger partial charge in [0.2, 0.25) is 15.0 Å². The van der Waals surface area contributed by atoms with E-state index in [0.29, 0.717) is 19.1 Å². The Morgan fingerprint density at radius 2 is 2.00 bits per heavy atom. The molecule has 2 aromatic rings. The Morgan fingerprint density at radius 3 is 2.64 bits per heavy atom. The van der Waals surface area contributed by atoms with E-state index in [-0.39, 0.29) is 10.9 Å². The van der Waals surface area contributed by atoms with Crippen LogP contribution in [0.15, 0.2) is 41.7 Å². The second-order valence-corrected chi connectivity index (χ2v) is 9.97. The van der Waals surface area contributed by atoms with Gasteiger partial charge in [0.25, 0.3) is 0 Å². The molecule has 6 nitrogen and oxygen atoms in total. The van der Waals surface area contributed by atoms with E-state index in [9.17, 15) is 8.42 Å². The van der Waals surface area contributed by atoms with E-state index in [1.165, 1.54) is 18.4 Å². The van der Waals surface area contributed by atoms with Crippen LogP contribution in [0.4, 0.5) is 0 Å². The number of aromatic nitrogens is 2. The number of hydrogen-bond donors (Lipinski definition) is 0. The van der Waals surface area contributed by atoms with Crippen LogP contribution in [0.25, 0.3) is 0 Å². The molecule has 0 amide bonds. The predicted octanol–water partition coefficient (Wildman–Crippen LogP) is 2.45. The molecule has 1 unspecified atom stereocenters. The van der Waals surface area contributed by atoms with Gasteiger partial charge in [-0.1, -0.05) is 37.3 Å². The minimum absolute atomic E-state index is 0.0670. The topological polar surface area (TPSA) is 58.4 Å². The van der Waals surface area contributed by atoms with Crippen LogP contribution >= 0.6 is 0 Å². The number of sulfone groups is 1. The number of benzene rings is 1. The van der Waals surface area contributed by atoms with Crippen molar-refractivity contribution in [1.29, 1.82) is 0 Å². The molecule has 0 spiro atoms. The average molecular weight is 405 g/mol. The highest BCUT2D eigenvalue weighted by Gasteiger charge is 2.25. The molecular weight excluding hydrogens is 372 g/mol. The molecule has 7 heteroatoms. The standard InChI is InChI=1S/C21H32N4O2S/c1-4-28(26,27)21-22-15-20(17-23(2)16-19-11-8-13-24(19)3)25(21)14-12-18-9-6-5-7-10-18/h5-7,9-10,15,19H,4,8,11-14,16-17H2,1-3H3. The maximum absolute atomic E-state index is 12.6. The number of hydrogen-bond acceptors (Lipinski definition) is 5. The van der Waals surface area contributed by atoms with Crippen molar-refractivity contribution < 1.29 is 8.42 Å². The summed E-state index contributed by atoms with van der Waals surface area (Å²) < 4.78 is 27.0. The molecule has 0 radical (unpaired) electrons. The van der Waals surface area contributed by atoms with Crippen molar-refractivity contribution in [2.75, 3.05) is 32.9 Å². The van der Waals surface area contributed by atoms with Crippen molar-refractivity contribution in [3.05, 3.63) is 47.8 Å². The number of likely N-dealkylation sites (N-methyl/N-ethyl adjacent to an activating group) is 2. The summed E-state index contributed by atoms with van der Waals surface area (Å²) in [7, 11) is 0.934. The van der Waals surface area contributed by atoms with Crippen LogP contribution in [-0.2, 0) is 29.3 Å². The number of likely N-dealkylation sites (tertiary alicyclic amines) is 1. The molecule has 2 heterocycles. The molecule has 0 aliphatic carbocycles. The first-order valence-electron chi connectivity index (χ1n) is 10.1. The van der Waals surface area contributed by atoms with E-state index in [4.69, 9.17) is 0 Å². The van der Waals surface area contributed by atoms with E-state index in [0.717, 1.165) is 25.2 Å². The maximum atomic E-state index is 12.6. The quantitative estimate of drug-likeness (QED) is 0.643. The SMILES string of the molecule is CCS(=O)(=O)c1ncc(CN(C)CC2CCCN2C)n1CCc1ccccc1. The molecule has 1 aromatic heterocycles. The third-order valence-electron chi connectivity index (χ3n) is 5.65. The third kappa shape index (κ3) is 5.01. The van der Waals surface area contributed by atoms with E-state index in [1.54, 1.807) is 13.1 Å². The first-order chi connectivity index (χ1) is 13.4. The van der Waals surface area contributed by atoms with Crippen molar-refractivity contribution in [3.8, 4) is 0 Å². The molecule has 28 heavy (non-hydrogen) atoms.